The number of fused-ring (bicyclic) bond motifs is 7. The fourth-order valence-corrected chi connectivity index (χ4v) is 5.29. The molecule has 2 heterocycles. The third-order valence-corrected chi connectivity index (χ3v) is 6.09. The predicted octanol–water partition coefficient (Wildman–Crippen LogP) is 4.65. The molecule has 22 heavy (non-hydrogen) atoms. The summed E-state index contributed by atoms with van der Waals surface area (Å²) in [5, 5.41) is 0. The Morgan fingerprint density at radius 3 is 2.86 bits per heavy atom. The lowest BCUT2D eigenvalue weighted by Crippen LogP contribution is -2.34. The Labute approximate surface area is 131 Å². The molecule has 0 saturated heterocycles. The van der Waals surface area contributed by atoms with Gasteiger partial charge in [-0.3, -0.25) is 4.98 Å². The molecule has 0 unspecified atom stereocenters. The van der Waals surface area contributed by atoms with E-state index in [1.165, 1.54) is 30.4 Å². The van der Waals surface area contributed by atoms with Gasteiger partial charge in [0.15, 0.2) is 0 Å². The molecule has 1 aromatic carbocycles. The molecule has 2 nitrogen and oxygen atoms in total. The molecule has 0 radical (unpaired) electrons. The first kappa shape index (κ1) is 12.7. The van der Waals surface area contributed by atoms with Crippen molar-refractivity contribution in [2.24, 2.45) is 17.8 Å². The number of nitrogens with zero attached hydrogens (tertiary/aromatic N) is 1. The largest absolute Gasteiger partial charge is 0.484 e. The topological polar surface area (TPSA) is 22.1 Å². The highest BCUT2D eigenvalue weighted by Crippen LogP contribution is 2.64. The average Bonchev–Trinajstić information content (AvgIpc) is 3.17. The van der Waals surface area contributed by atoms with Crippen LogP contribution in [0.2, 0.25) is 0 Å². The van der Waals surface area contributed by atoms with Crippen LogP contribution in [-0.4, -0.2) is 4.98 Å². The van der Waals surface area contributed by atoms with E-state index in [-0.39, 0.29) is 6.10 Å². The molecular formula is C20H21NO. The molecule has 2 heteroatoms. The van der Waals surface area contributed by atoms with Crippen LogP contribution in [0.15, 0.2) is 42.6 Å². The number of aromatic nitrogens is 1. The van der Waals surface area contributed by atoms with Crippen molar-refractivity contribution in [2.45, 2.75) is 38.2 Å². The normalized spacial score (nSPS) is 34.9. The van der Waals surface area contributed by atoms with Crippen molar-refractivity contribution in [3.8, 4) is 5.75 Å². The highest BCUT2D eigenvalue weighted by molar-refractivity contribution is 5.44. The number of rotatable bonds is 1. The summed E-state index contributed by atoms with van der Waals surface area (Å²) >= 11 is 0. The number of hydrogen-bond donors (Lipinski definition) is 0. The minimum atomic E-state index is 0.136. The van der Waals surface area contributed by atoms with E-state index in [9.17, 15) is 0 Å². The van der Waals surface area contributed by atoms with Crippen LogP contribution in [0.4, 0.5) is 0 Å². The monoisotopic (exact) mass is 291 g/mol. The number of hydrogen-bond acceptors (Lipinski definition) is 2. The summed E-state index contributed by atoms with van der Waals surface area (Å²) in [6, 6.07) is 12.9. The van der Waals surface area contributed by atoms with Gasteiger partial charge in [-0.1, -0.05) is 23.8 Å². The van der Waals surface area contributed by atoms with Gasteiger partial charge in [0.05, 0.1) is 5.69 Å². The zero-order chi connectivity index (χ0) is 14.7. The van der Waals surface area contributed by atoms with Crippen LogP contribution in [0.3, 0.4) is 0 Å². The Morgan fingerprint density at radius 2 is 2.00 bits per heavy atom. The van der Waals surface area contributed by atoms with Crippen LogP contribution in [0.1, 0.15) is 48.1 Å². The second-order valence-electron chi connectivity index (χ2n) is 7.27. The Kier molecular flexibility index (Phi) is 2.64. The molecule has 5 atom stereocenters. The van der Waals surface area contributed by atoms with Crippen LogP contribution < -0.4 is 4.74 Å². The summed E-state index contributed by atoms with van der Waals surface area (Å²) in [4.78, 5) is 4.61. The van der Waals surface area contributed by atoms with E-state index in [4.69, 9.17) is 4.74 Å². The van der Waals surface area contributed by atoms with Gasteiger partial charge < -0.3 is 4.74 Å². The first-order valence-corrected chi connectivity index (χ1v) is 8.49. The van der Waals surface area contributed by atoms with E-state index in [2.05, 4.69) is 42.2 Å². The summed E-state index contributed by atoms with van der Waals surface area (Å²) in [6.07, 6.45) is 6.19. The Bertz CT molecular complexity index is 711. The quantitative estimate of drug-likeness (QED) is 0.762. The van der Waals surface area contributed by atoms with Crippen molar-refractivity contribution in [2.75, 3.05) is 0 Å². The third-order valence-electron chi connectivity index (χ3n) is 6.09. The van der Waals surface area contributed by atoms with E-state index >= 15 is 0 Å². The van der Waals surface area contributed by atoms with Crippen molar-refractivity contribution >= 4 is 0 Å². The highest BCUT2D eigenvalue weighted by Gasteiger charge is 2.55. The SMILES string of the molecule is Cc1ccc2c(c1)[C@H]1[C@@H]3CC[C@@H](C3)[C@H]1[C@@H](c1ccccn1)O2. The van der Waals surface area contributed by atoms with Gasteiger partial charge in [-0.25, -0.2) is 0 Å². The number of aryl methyl sites for hydroxylation is 1. The van der Waals surface area contributed by atoms with Gasteiger partial charge in [0.2, 0.25) is 0 Å². The first-order chi connectivity index (χ1) is 10.8. The van der Waals surface area contributed by atoms with Gasteiger partial charge in [-0.2, -0.15) is 0 Å². The smallest absolute Gasteiger partial charge is 0.144 e. The minimum absolute atomic E-state index is 0.136. The van der Waals surface area contributed by atoms with Crippen LogP contribution >= 0.6 is 0 Å². The van der Waals surface area contributed by atoms with Gasteiger partial charge in [0, 0.05) is 12.1 Å². The lowest BCUT2D eigenvalue weighted by Gasteiger charge is -2.42. The van der Waals surface area contributed by atoms with E-state index in [1.54, 1.807) is 0 Å². The van der Waals surface area contributed by atoms with Crippen molar-refractivity contribution in [1.82, 2.24) is 4.98 Å². The van der Waals surface area contributed by atoms with E-state index in [0.717, 1.165) is 23.3 Å². The maximum atomic E-state index is 6.48. The average molecular weight is 291 g/mol. The molecule has 2 aromatic rings. The molecule has 2 fully saturated rings. The van der Waals surface area contributed by atoms with Crippen LogP contribution in [0.5, 0.6) is 5.75 Å². The molecule has 2 bridgehead atoms. The maximum Gasteiger partial charge on any atom is 0.144 e. The van der Waals surface area contributed by atoms with Crippen molar-refractivity contribution < 1.29 is 4.74 Å². The summed E-state index contributed by atoms with van der Waals surface area (Å²) in [7, 11) is 0. The van der Waals surface area contributed by atoms with Gasteiger partial charge in [-0.05, 0) is 67.7 Å². The lowest BCUT2D eigenvalue weighted by molar-refractivity contribution is 0.0564. The van der Waals surface area contributed by atoms with E-state index < -0.39 is 0 Å². The molecule has 2 aliphatic carbocycles. The van der Waals surface area contributed by atoms with E-state index in [0.29, 0.717) is 11.8 Å². The molecule has 1 aliphatic heterocycles. The molecule has 0 spiro atoms. The summed E-state index contributed by atoms with van der Waals surface area (Å²) in [6.45, 7) is 2.19. The van der Waals surface area contributed by atoms with Gasteiger partial charge in [0.1, 0.15) is 11.9 Å². The van der Waals surface area contributed by atoms with Crippen molar-refractivity contribution in [1.29, 1.82) is 0 Å². The summed E-state index contributed by atoms with van der Waals surface area (Å²) < 4.78 is 6.48. The van der Waals surface area contributed by atoms with Crippen LogP contribution in [-0.2, 0) is 0 Å². The number of ether oxygens (including phenoxy) is 1. The second-order valence-corrected chi connectivity index (χ2v) is 7.27. The standard InChI is InChI=1S/C20H21NO/c1-12-5-8-17-15(10-12)18-13-6-7-14(11-13)19(18)20(22-17)16-4-2-3-9-21-16/h2-5,8-10,13-14,18-20H,6-7,11H2,1H3/t13-,14+,18-,19-,20-/m1/s1. The Hall–Kier alpha value is -1.83. The predicted molar refractivity (Wildman–Crippen MR) is 85.8 cm³/mol. The van der Waals surface area contributed by atoms with Crippen molar-refractivity contribution in [3.63, 3.8) is 0 Å². The van der Waals surface area contributed by atoms with Crippen LogP contribution in [0, 0.1) is 24.7 Å². The second kappa shape index (κ2) is 4.58. The number of benzene rings is 1. The fourth-order valence-electron chi connectivity index (χ4n) is 5.29. The zero-order valence-corrected chi connectivity index (χ0v) is 12.9. The summed E-state index contributed by atoms with van der Waals surface area (Å²) in [5.74, 6) is 4.05. The van der Waals surface area contributed by atoms with Gasteiger partial charge in [0.25, 0.3) is 0 Å². The fraction of sp³-hybridized carbons (Fsp3) is 0.450. The molecule has 0 amide bonds. The van der Waals surface area contributed by atoms with Crippen molar-refractivity contribution in [3.05, 3.63) is 59.4 Å². The first-order valence-electron chi connectivity index (χ1n) is 8.49. The molecule has 0 N–H and O–H groups in total. The zero-order valence-electron chi connectivity index (χ0n) is 12.9. The maximum absolute atomic E-state index is 6.48. The molecular weight excluding hydrogens is 270 g/mol. The summed E-state index contributed by atoms with van der Waals surface area (Å²) in [5.41, 5.74) is 3.92. The minimum Gasteiger partial charge on any atom is -0.484 e. The lowest BCUT2D eigenvalue weighted by atomic mass is 9.70. The van der Waals surface area contributed by atoms with Gasteiger partial charge in [-0.15, -0.1) is 0 Å². The molecule has 112 valence electrons. The van der Waals surface area contributed by atoms with Gasteiger partial charge >= 0.3 is 0 Å². The molecule has 2 saturated carbocycles. The molecule has 3 aliphatic rings. The van der Waals surface area contributed by atoms with E-state index in [1.807, 2.05) is 12.3 Å². The highest BCUT2D eigenvalue weighted by atomic mass is 16.5. The number of pyridine rings is 1. The Morgan fingerprint density at radius 1 is 1.09 bits per heavy atom. The Balaban J connectivity index is 1.65. The molecule has 1 aromatic heterocycles. The van der Waals surface area contributed by atoms with Crippen LogP contribution in [0.25, 0.3) is 0 Å². The molecule has 5 rings (SSSR count). The third kappa shape index (κ3) is 1.70.